The Bertz CT molecular complexity index is 1260. The molecule has 3 aromatic rings. The highest BCUT2D eigenvalue weighted by Gasteiger charge is 2.35. The Morgan fingerprint density at radius 3 is 2.55 bits per heavy atom. The highest BCUT2D eigenvalue weighted by molar-refractivity contribution is 7.93. The number of anilines is 3. The van der Waals surface area contributed by atoms with Gasteiger partial charge < -0.3 is 14.4 Å². The first kappa shape index (κ1) is 19.9. The van der Waals surface area contributed by atoms with Crippen LogP contribution in [0.25, 0.3) is 10.9 Å². The number of fused-ring (bicyclic) bond motifs is 2. The van der Waals surface area contributed by atoms with Crippen molar-refractivity contribution in [2.45, 2.75) is 30.9 Å². The molecule has 162 valence electrons. The van der Waals surface area contributed by atoms with E-state index in [1.807, 2.05) is 36.4 Å². The van der Waals surface area contributed by atoms with Crippen LogP contribution in [0.5, 0.6) is 11.5 Å². The Hall–Kier alpha value is -3.00. The van der Waals surface area contributed by atoms with E-state index in [9.17, 15) is 8.42 Å². The Morgan fingerprint density at radius 1 is 1.03 bits per heavy atom. The molecule has 5 rings (SSSR count). The molecule has 0 amide bonds. The SMILES string of the molecule is COc1cc2nccc(N3CCCc4cc(NS(=O)(=O)C5CC5)ccc43)c2cc1OC. The number of aryl methyl sites for hydroxylation is 1. The van der Waals surface area contributed by atoms with Crippen LogP contribution in [0.2, 0.25) is 0 Å². The zero-order valence-corrected chi connectivity index (χ0v) is 18.4. The number of hydrogen-bond acceptors (Lipinski definition) is 6. The number of methoxy groups -OCH3 is 2. The maximum Gasteiger partial charge on any atom is 0.235 e. The molecule has 0 atom stereocenters. The van der Waals surface area contributed by atoms with Crippen molar-refractivity contribution in [3.63, 3.8) is 0 Å². The molecule has 1 fully saturated rings. The number of rotatable bonds is 6. The molecular formula is C23H25N3O4S. The minimum atomic E-state index is -3.27. The molecule has 0 spiro atoms. The van der Waals surface area contributed by atoms with Crippen LogP contribution in [0.3, 0.4) is 0 Å². The number of sulfonamides is 1. The van der Waals surface area contributed by atoms with E-state index in [0.717, 1.165) is 60.1 Å². The Labute approximate surface area is 182 Å². The summed E-state index contributed by atoms with van der Waals surface area (Å²) in [5.74, 6) is 1.30. The van der Waals surface area contributed by atoms with Gasteiger partial charge in [-0.1, -0.05) is 0 Å². The van der Waals surface area contributed by atoms with E-state index in [1.165, 1.54) is 0 Å². The zero-order valence-electron chi connectivity index (χ0n) is 17.6. The van der Waals surface area contributed by atoms with E-state index in [1.54, 1.807) is 20.4 Å². The summed E-state index contributed by atoms with van der Waals surface area (Å²) in [7, 11) is -0.0334. The number of benzene rings is 2. The Balaban J connectivity index is 1.55. The van der Waals surface area contributed by atoms with Crippen molar-refractivity contribution in [1.82, 2.24) is 4.98 Å². The van der Waals surface area contributed by atoms with Crippen LogP contribution in [0, 0.1) is 0 Å². The predicted octanol–water partition coefficient (Wildman–Crippen LogP) is 4.24. The minimum Gasteiger partial charge on any atom is -0.493 e. The highest BCUT2D eigenvalue weighted by Crippen LogP contribution is 2.41. The van der Waals surface area contributed by atoms with Gasteiger partial charge in [-0.05, 0) is 61.6 Å². The summed E-state index contributed by atoms with van der Waals surface area (Å²) in [5.41, 5.74) is 4.73. The summed E-state index contributed by atoms with van der Waals surface area (Å²) in [6.45, 7) is 0.869. The van der Waals surface area contributed by atoms with Crippen molar-refractivity contribution in [2.24, 2.45) is 0 Å². The minimum absolute atomic E-state index is 0.241. The van der Waals surface area contributed by atoms with Gasteiger partial charge in [0, 0.05) is 35.6 Å². The molecule has 7 nitrogen and oxygen atoms in total. The van der Waals surface area contributed by atoms with E-state index >= 15 is 0 Å². The molecule has 1 aliphatic heterocycles. The normalized spacial score (nSPS) is 16.1. The molecule has 2 heterocycles. The Morgan fingerprint density at radius 2 is 1.81 bits per heavy atom. The monoisotopic (exact) mass is 439 g/mol. The predicted molar refractivity (Wildman–Crippen MR) is 122 cm³/mol. The van der Waals surface area contributed by atoms with Crippen LogP contribution < -0.4 is 19.1 Å². The van der Waals surface area contributed by atoms with Crippen molar-refractivity contribution < 1.29 is 17.9 Å². The number of ether oxygens (including phenoxy) is 2. The summed E-state index contributed by atoms with van der Waals surface area (Å²) in [6.07, 6.45) is 5.18. The third-order valence-electron chi connectivity index (χ3n) is 5.94. The molecule has 1 aliphatic carbocycles. The zero-order chi connectivity index (χ0) is 21.6. The average molecular weight is 440 g/mol. The molecule has 0 radical (unpaired) electrons. The fourth-order valence-electron chi connectivity index (χ4n) is 4.23. The summed E-state index contributed by atoms with van der Waals surface area (Å²) in [5, 5.41) is 0.738. The van der Waals surface area contributed by atoms with E-state index in [4.69, 9.17) is 9.47 Å². The quantitative estimate of drug-likeness (QED) is 0.619. The number of pyridine rings is 1. The van der Waals surface area contributed by atoms with Gasteiger partial charge in [-0.3, -0.25) is 9.71 Å². The van der Waals surface area contributed by atoms with Gasteiger partial charge in [-0.15, -0.1) is 0 Å². The maximum absolute atomic E-state index is 12.3. The second kappa shape index (κ2) is 7.60. The average Bonchev–Trinajstić information content (AvgIpc) is 3.63. The molecule has 8 heteroatoms. The van der Waals surface area contributed by atoms with E-state index in [-0.39, 0.29) is 5.25 Å². The van der Waals surface area contributed by atoms with Gasteiger partial charge in [0.05, 0.1) is 30.7 Å². The lowest BCUT2D eigenvalue weighted by atomic mass is 9.99. The van der Waals surface area contributed by atoms with Gasteiger partial charge in [-0.2, -0.15) is 0 Å². The van der Waals surface area contributed by atoms with Crippen LogP contribution in [0.1, 0.15) is 24.8 Å². The third-order valence-corrected chi connectivity index (χ3v) is 7.81. The maximum atomic E-state index is 12.3. The standard InChI is InChI=1S/C23H25N3O4S/c1-29-22-13-18-19(14-23(22)30-2)24-10-9-21(18)26-11-3-4-15-12-16(5-8-20(15)26)25-31(27,28)17-6-7-17/h5,8-10,12-14,17,25H,3-4,6-7,11H2,1-2H3. The first-order chi connectivity index (χ1) is 15.0. The molecule has 31 heavy (non-hydrogen) atoms. The molecule has 1 N–H and O–H groups in total. The molecule has 0 unspecified atom stereocenters. The lowest BCUT2D eigenvalue weighted by Gasteiger charge is -2.32. The third kappa shape index (κ3) is 3.65. The second-order valence-corrected chi connectivity index (χ2v) is 9.96. The summed E-state index contributed by atoms with van der Waals surface area (Å²) in [6, 6.07) is 11.7. The highest BCUT2D eigenvalue weighted by atomic mass is 32.2. The molecular weight excluding hydrogens is 414 g/mol. The molecule has 1 saturated carbocycles. The molecule has 0 saturated heterocycles. The summed E-state index contributed by atoms with van der Waals surface area (Å²) >= 11 is 0. The first-order valence-corrected chi connectivity index (χ1v) is 12.0. The van der Waals surface area contributed by atoms with Gasteiger partial charge in [0.25, 0.3) is 0 Å². The van der Waals surface area contributed by atoms with Gasteiger partial charge in [0.1, 0.15) is 0 Å². The van der Waals surface area contributed by atoms with Crippen molar-refractivity contribution in [3.8, 4) is 11.5 Å². The van der Waals surface area contributed by atoms with Crippen LogP contribution in [-0.4, -0.2) is 39.4 Å². The number of nitrogens with one attached hydrogen (secondary N) is 1. The first-order valence-electron chi connectivity index (χ1n) is 10.4. The fourth-order valence-corrected chi connectivity index (χ4v) is 5.61. The van der Waals surface area contributed by atoms with Gasteiger partial charge >= 0.3 is 0 Å². The van der Waals surface area contributed by atoms with Gasteiger partial charge in [-0.25, -0.2) is 8.42 Å². The molecule has 0 bridgehead atoms. The van der Waals surface area contributed by atoms with Crippen molar-refractivity contribution in [1.29, 1.82) is 0 Å². The van der Waals surface area contributed by atoms with Gasteiger partial charge in [0.15, 0.2) is 11.5 Å². The number of aromatic nitrogens is 1. The lowest BCUT2D eigenvalue weighted by molar-refractivity contribution is 0.356. The van der Waals surface area contributed by atoms with Gasteiger partial charge in [0.2, 0.25) is 10.0 Å². The largest absolute Gasteiger partial charge is 0.493 e. The van der Waals surface area contributed by atoms with Crippen LogP contribution in [0.15, 0.2) is 42.6 Å². The molecule has 1 aromatic heterocycles. The van der Waals surface area contributed by atoms with E-state index < -0.39 is 10.0 Å². The van der Waals surface area contributed by atoms with Crippen molar-refractivity contribution in [3.05, 3.63) is 48.2 Å². The Kier molecular flexibility index (Phi) is 4.89. The summed E-state index contributed by atoms with van der Waals surface area (Å²) in [4.78, 5) is 6.79. The van der Waals surface area contributed by atoms with Crippen LogP contribution in [-0.2, 0) is 16.4 Å². The van der Waals surface area contributed by atoms with Crippen molar-refractivity contribution >= 4 is 38.0 Å². The fraction of sp³-hybridized carbons (Fsp3) is 0.348. The van der Waals surface area contributed by atoms with Crippen molar-refractivity contribution in [2.75, 3.05) is 30.4 Å². The van der Waals surface area contributed by atoms with E-state index in [0.29, 0.717) is 17.2 Å². The smallest absolute Gasteiger partial charge is 0.235 e. The lowest BCUT2D eigenvalue weighted by Crippen LogP contribution is -2.25. The molecule has 2 aromatic carbocycles. The summed E-state index contributed by atoms with van der Waals surface area (Å²) < 4.78 is 38.3. The van der Waals surface area contributed by atoms with Crippen LogP contribution in [0.4, 0.5) is 17.1 Å². The number of nitrogens with zero attached hydrogens (tertiary/aromatic N) is 2. The second-order valence-electron chi connectivity index (χ2n) is 8.00. The molecule has 2 aliphatic rings. The van der Waals surface area contributed by atoms with E-state index in [2.05, 4.69) is 14.6 Å². The number of hydrogen-bond donors (Lipinski definition) is 1. The van der Waals surface area contributed by atoms with Crippen LogP contribution >= 0.6 is 0 Å². The topological polar surface area (TPSA) is 80.8 Å².